The Morgan fingerprint density at radius 2 is 2.07 bits per heavy atom. The number of amides is 1. The highest BCUT2D eigenvalue weighted by Crippen LogP contribution is 2.31. The van der Waals surface area contributed by atoms with Crippen LogP contribution >= 0.6 is 0 Å². The highest BCUT2D eigenvalue weighted by molar-refractivity contribution is 5.81. The SMILES string of the molecule is CC(NC(=O)C1CCN(c2ccc(C(F)(F)F)cn2)C1)c1cc2cc(F)ccc2o1. The minimum absolute atomic E-state index is 0.177. The quantitative estimate of drug-likeness (QED) is 0.621. The summed E-state index contributed by atoms with van der Waals surface area (Å²) in [5, 5.41) is 3.51. The molecule has 1 aliphatic rings. The molecule has 0 spiro atoms. The maximum atomic E-state index is 13.3. The fourth-order valence-electron chi connectivity index (χ4n) is 3.57. The Morgan fingerprint density at radius 1 is 1.27 bits per heavy atom. The fraction of sp³-hybridized carbons (Fsp3) is 0.333. The van der Waals surface area contributed by atoms with E-state index in [9.17, 15) is 22.4 Å². The highest BCUT2D eigenvalue weighted by atomic mass is 19.4. The average molecular weight is 421 g/mol. The Labute approximate surface area is 169 Å². The summed E-state index contributed by atoms with van der Waals surface area (Å²) >= 11 is 0. The second-order valence-electron chi connectivity index (χ2n) is 7.40. The largest absolute Gasteiger partial charge is 0.459 e. The van der Waals surface area contributed by atoms with E-state index in [1.165, 1.54) is 24.3 Å². The minimum atomic E-state index is -4.43. The molecule has 2 unspecified atom stereocenters. The number of rotatable bonds is 4. The van der Waals surface area contributed by atoms with Gasteiger partial charge < -0.3 is 14.6 Å². The van der Waals surface area contributed by atoms with Gasteiger partial charge in [-0.05, 0) is 49.7 Å². The summed E-state index contributed by atoms with van der Waals surface area (Å²) in [6.45, 7) is 2.66. The number of halogens is 4. The first-order valence-corrected chi connectivity index (χ1v) is 9.48. The summed E-state index contributed by atoms with van der Waals surface area (Å²) in [4.78, 5) is 18.3. The van der Waals surface area contributed by atoms with E-state index in [2.05, 4.69) is 10.3 Å². The van der Waals surface area contributed by atoms with Gasteiger partial charge in [0, 0.05) is 24.7 Å². The number of nitrogens with one attached hydrogen (secondary N) is 1. The number of pyridine rings is 1. The zero-order valence-corrected chi connectivity index (χ0v) is 16.0. The fourth-order valence-corrected chi connectivity index (χ4v) is 3.57. The van der Waals surface area contributed by atoms with Gasteiger partial charge in [-0.2, -0.15) is 13.2 Å². The topological polar surface area (TPSA) is 58.4 Å². The molecule has 158 valence electrons. The Morgan fingerprint density at radius 3 is 2.77 bits per heavy atom. The predicted molar refractivity (Wildman–Crippen MR) is 102 cm³/mol. The molecule has 3 aromatic rings. The van der Waals surface area contributed by atoms with Crippen LogP contribution in [0.3, 0.4) is 0 Å². The number of aromatic nitrogens is 1. The van der Waals surface area contributed by atoms with Gasteiger partial charge in [0.25, 0.3) is 0 Å². The molecule has 1 saturated heterocycles. The number of carbonyl (C=O) groups excluding carboxylic acids is 1. The molecule has 0 radical (unpaired) electrons. The molecule has 2 aromatic heterocycles. The molecular formula is C21H19F4N3O2. The van der Waals surface area contributed by atoms with Crippen molar-refractivity contribution >= 4 is 22.7 Å². The highest BCUT2D eigenvalue weighted by Gasteiger charge is 2.33. The van der Waals surface area contributed by atoms with Crippen LogP contribution in [0.2, 0.25) is 0 Å². The van der Waals surface area contributed by atoms with E-state index in [1.54, 1.807) is 17.9 Å². The van der Waals surface area contributed by atoms with Gasteiger partial charge in [0.2, 0.25) is 5.91 Å². The van der Waals surface area contributed by atoms with Crippen LogP contribution in [0.25, 0.3) is 11.0 Å². The number of fused-ring (bicyclic) bond motifs is 1. The summed E-state index contributed by atoms with van der Waals surface area (Å²) in [5.41, 5.74) is -0.271. The molecule has 0 saturated carbocycles. The van der Waals surface area contributed by atoms with Crippen LogP contribution in [0.15, 0.2) is 47.0 Å². The normalized spacial score (nSPS) is 18.0. The standard InChI is InChI=1S/C21H19F4N3O2/c1-12(18-9-14-8-16(22)3-4-17(14)30-18)27-20(29)13-6-7-28(11-13)19-5-2-15(10-26-19)21(23,24)25/h2-5,8-10,12-13H,6-7,11H2,1H3,(H,27,29). The van der Waals surface area contributed by atoms with Crippen molar-refractivity contribution in [2.75, 3.05) is 18.0 Å². The summed E-state index contributed by atoms with van der Waals surface area (Å²) < 4.78 is 57.1. The summed E-state index contributed by atoms with van der Waals surface area (Å²) in [7, 11) is 0. The molecule has 1 fully saturated rings. The molecule has 3 heterocycles. The Bertz CT molecular complexity index is 1060. The van der Waals surface area contributed by atoms with Crippen LogP contribution < -0.4 is 10.2 Å². The Kier molecular flexibility index (Phi) is 5.13. The summed E-state index contributed by atoms with van der Waals surface area (Å²) in [6.07, 6.45) is -3.07. The maximum absolute atomic E-state index is 13.3. The molecule has 1 aromatic carbocycles. The lowest BCUT2D eigenvalue weighted by Gasteiger charge is -2.19. The molecule has 1 N–H and O–H groups in total. The molecule has 4 rings (SSSR count). The lowest BCUT2D eigenvalue weighted by atomic mass is 10.1. The molecular weight excluding hydrogens is 402 g/mol. The second-order valence-corrected chi connectivity index (χ2v) is 7.40. The molecule has 0 aliphatic carbocycles. The van der Waals surface area contributed by atoms with E-state index in [0.29, 0.717) is 42.1 Å². The first kappa shape index (κ1) is 20.2. The van der Waals surface area contributed by atoms with Gasteiger partial charge in [-0.15, -0.1) is 0 Å². The Hall–Kier alpha value is -3.10. The van der Waals surface area contributed by atoms with Crippen molar-refractivity contribution in [3.8, 4) is 0 Å². The second kappa shape index (κ2) is 7.62. The molecule has 5 nitrogen and oxygen atoms in total. The number of hydrogen-bond donors (Lipinski definition) is 1. The number of benzene rings is 1. The molecule has 2 atom stereocenters. The summed E-state index contributed by atoms with van der Waals surface area (Å²) in [5.74, 6) is 0.0604. The number of furan rings is 1. The number of alkyl halides is 3. The molecule has 30 heavy (non-hydrogen) atoms. The lowest BCUT2D eigenvalue weighted by molar-refractivity contribution is -0.137. The van der Waals surface area contributed by atoms with Crippen LogP contribution in [0, 0.1) is 11.7 Å². The van der Waals surface area contributed by atoms with E-state index in [1.807, 2.05) is 0 Å². The first-order valence-electron chi connectivity index (χ1n) is 9.48. The number of anilines is 1. The third-order valence-electron chi connectivity index (χ3n) is 5.24. The third kappa shape index (κ3) is 4.10. The van der Waals surface area contributed by atoms with E-state index in [-0.39, 0.29) is 17.6 Å². The van der Waals surface area contributed by atoms with Gasteiger partial charge in [-0.1, -0.05) is 0 Å². The minimum Gasteiger partial charge on any atom is -0.459 e. The number of hydrogen-bond acceptors (Lipinski definition) is 4. The smallest absolute Gasteiger partial charge is 0.417 e. The van der Waals surface area contributed by atoms with E-state index >= 15 is 0 Å². The lowest BCUT2D eigenvalue weighted by Crippen LogP contribution is -2.34. The number of nitrogens with zero attached hydrogens (tertiary/aromatic N) is 2. The zero-order chi connectivity index (χ0) is 21.5. The summed E-state index contributed by atoms with van der Waals surface area (Å²) in [6, 6.07) is 7.79. The van der Waals surface area contributed by atoms with Crippen molar-refractivity contribution in [2.24, 2.45) is 5.92 Å². The van der Waals surface area contributed by atoms with Crippen molar-refractivity contribution in [1.29, 1.82) is 0 Å². The van der Waals surface area contributed by atoms with Crippen molar-refractivity contribution < 1.29 is 26.8 Å². The van der Waals surface area contributed by atoms with Crippen molar-refractivity contribution in [3.63, 3.8) is 0 Å². The van der Waals surface area contributed by atoms with Gasteiger partial charge in [-0.25, -0.2) is 9.37 Å². The maximum Gasteiger partial charge on any atom is 0.417 e. The number of carbonyl (C=O) groups is 1. The van der Waals surface area contributed by atoms with Crippen LogP contribution in [0.4, 0.5) is 23.4 Å². The van der Waals surface area contributed by atoms with E-state index in [4.69, 9.17) is 4.42 Å². The van der Waals surface area contributed by atoms with Gasteiger partial charge >= 0.3 is 6.18 Å². The van der Waals surface area contributed by atoms with Crippen LogP contribution in [0.1, 0.15) is 30.7 Å². The van der Waals surface area contributed by atoms with Crippen molar-refractivity contribution in [3.05, 3.63) is 59.7 Å². The van der Waals surface area contributed by atoms with E-state index < -0.39 is 17.8 Å². The van der Waals surface area contributed by atoms with Crippen LogP contribution in [0.5, 0.6) is 0 Å². The van der Waals surface area contributed by atoms with Crippen molar-refractivity contribution in [2.45, 2.75) is 25.6 Å². The zero-order valence-electron chi connectivity index (χ0n) is 16.0. The van der Waals surface area contributed by atoms with Gasteiger partial charge in [0.1, 0.15) is 23.0 Å². The average Bonchev–Trinajstić information content (AvgIpc) is 3.34. The molecule has 1 aliphatic heterocycles. The first-order chi connectivity index (χ1) is 14.2. The van der Waals surface area contributed by atoms with Crippen LogP contribution in [-0.2, 0) is 11.0 Å². The Balaban J connectivity index is 1.38. The third-order valence-corrected chi connectivity index (χ3v) is 5.24. The van der Waals surface area contributed by atoms with E-state index in [0.717, 1.165) is 12.3 Å². The van der Waals surface area contributed by atoms with Gasteiger partial charge in [0.05, 0.1) is 17.5 Å². The molecule has 9 heteroatoms. The van der Waals surface area contributed by atoms with Gasteiger partial charge in [-0.3, -0.25) is 4.79 Å². The molecule has 1 amide bonds. The van der Waals surface area contributed by atoms with Crippen molar-refractivity contribution in [1.82, 2.24) is 10.3 Å². The molecule has 0 bridgehead atoms. The van der Waals surface area contributed by atoms with Gasteiger partial charge in [0.15, 0.2) is 0 Å². The monoisotopic (exact) mass is 421 g/mol. The predicted octanol–water partition coefficient (Wildman–Crippen LogP) is 4.69. The van der Waals surface area contributed by atoms with Crippen LogP contribution in [-0.4, -0.2) is 24.0 Å².